The van der Waals surface area contributed by atoms with Crippen LogP contribution in [0.15, 0.2) is 81.0 Å². The molecule has 0 bridgehead atoms. The molecule has 4 aromatic rings. The van der Waals surface area contributed by atoms with Crippen molar-refractivity contribution in [2.45, 2.75) is 18.6 Å². The van der Waals surface area contributed by atoms with Gasteiger partial charge in [0, 0.05) is 15.7 Å². The fraction of sp³-hybridized carbons (Fsp3) is 0.136. The number of hydrogen-bond donors (Lipinski definition) is 1. The van der Waals surface area contributed by atoms with Crippen molar-refractivity contribution >= 4 is 39.3 Å². The number of carbonyl (C=O) groups is 1. The van der Waals surface area contributed by atoms with E-state index in [1.54, 1.807) is 6.26 Å². The molecule has 0 atom stereocenters. The van der Waals surface area contributed by atoms with Crippen molar-refractivity contribution in [3.05, 3.63) is 82.7 Å². The van der Waals surface area contributed by atoms with E-state index in [9.17, 15) is 4.79 Å². The molecular formula is C22H19BrN4O2S. The lowest BCUT2D eigenvalue weighted by atomic mass is 10.1. The number of anilines is 1. The quantitative estimate of drug-likeness (QED) is 0.357. The Morgan fingerprint density at radius 3 is 2.70 bits per heavy atom. The molecular weight excluding hydrogens is 464 g/mol. The number of furan rings is 1. The Bertz CT molecular complexity index is 1140. The Morgan fingerprint density at radius 2 is 1.97 bits per heavy atom. The summed E-state index contributed by atoms with van der Waals surface area (Å²) in [6.45, 7) is 2.53. The maximum Gasteiger partial charge on any atom is 0.234 e. The first kappa shape index (κ1) is 20.4. The molecule has 1 N–H and O–H groups in total. The Labute approximate surface area is 186 Å². The zero-order valence-corrected chi connectivity index (χ0v) is 18.6. The molecule has 1 amide bonds. The summed E-state index contributed by atoms with van der Waals surface area (Å²) in [7, 11) is 0. The van der Waals surface area contributed by atoms with Crippen molar-refractivity contribution < 1.29 is 9.21 Å². The summed E-state index contributed by atoms with van der Waals surface area (Å²) in [5.41, 5.74) is 2.88. The third-order valence-electron chi connectivity index (χ3n) is 4.36. The van der Waals surface area contributed by atoms with Crippen molar-refractivity contribution in [2.24, 2.45) is 0 Å². The van der Waals surface area contributed by atoms with Crippen LogP contribution in [0.25, 0.3) is 11.4 Å². The highest BCUT2D eigenvalue weighted by atomic mass is 79.9. The molecule has 0 saturated heterocycles. The van der Waals surface area contributed by atoms with Crippen molar-refractivity contribution in [1.82, 2.24) is 14.8 Å². The van der Waals surface area contributed by atoms with E-state index in [-0.39, 0.29) is 11.7 Å². The first-order valence-corrected chi connectivity index (χ1v) is 11.1. The van der Waals surface area contributed by atoms with Gasteiger partial charge in [0.25, 0.3) is 0 Å². The molecule has 0 aliphatic rings. The maximum atomic E-state index is 12.4. The van der Waals surface area contributed by atoms with Crippen LogP contribution in [0, 0.1) is 6.92 Å². The molecule has 0 radical (unpaired) electrons. The number of carbonyl (C=O) groups excluding carboxylic acids is 1. The van der Waals surface area contributed by atoms with Gasteiger partial charge in [-0.15, -0.1) is 10.2 Å². The van der Waals surface area contributed by atoms with Crippen molar-refractivity contribution in [3.63, 3.8) is 0 Å². The van der Waals surface area contributed by atoms with Gasteiger partial charge in [0.05, 0.1) is 18.6 Å². The minimum Gasteiger partial charge on any atom is -0.467 e. The highest BCUT2D eigenvalue weighted by Crippen LogP contribution is 2.26. The highest BCUT2D eigenvalue weighted by Gasteiger charge is 2.17. The molecule has 152 valence electrons. The van der Waals surface area contributed by atoms with E-state index in [4.69, 9.17) is 4.42 Å². The number of aryl methyl sites for hydroxylation is 1. The van der Waals surface area contributed by atoms with Crippen LogP contribution in [0.2, 0.25) is 0 Å². The molecule has 0 spiro atoms. The summed E-state index contributed by atoms with van der Waals surface area (Å²) < 4.78 is 8.40. The third-order valence-corrected chi connectivity index (χ3v) is 5.82. The summed E-state index contributed by atoms with van der Waals surface area (Å²) in [5, 5.41) is 12.3. The second-order valence-electron chi connectivity index (χ2n) is 6.68. The molecule has 8 heteroatoms. The van der Waals surface area contributed by atoms with E-state index in [0.717, 1.165) is 27.3 Å². The number of amides is 1. The van der Waals surface area contributed by atoms with Crippen molar-refractivity contribution in [2.75, 3.05) is 11.1 Å². The molecule has 4 rings (SSSR count). The van der Waals surface area contributed by atoms with Gasteiger partial charge in [-0.25, -0.2) is 0 Å². The molecule has 2 aromatic heterocycles. The standard InChI is InChI=1S/C22H19BrN4O2S/c1-15-7-9-16(10-8-15)21-25-26-22(27(21)13-19-6-3-11-29-19)30-14-20(28)24-18-5-2-4-17(23)12-18/h2-12H,13-14H2,1H3,(H,24,28). The van der Waals surface area contributed by atoms with Crippen molar-refractivity contribution in [1.29, 1.82) is 0 Å². The molecule has 2 heterocycles. The number of halogens is 1. The molecule has 0 unspecified atom stereocenters. The van der Waals surface area contributed by atoms with Gasteiger partial charge in [-0.2, -0.15) is 0 Å². The predicted molar refractivity (Wildman–Crippen MR) is 122 cm³/mol. The van der Waals surface area contributed by atoms with E-state index < -0.39 is 0 Å². The average molecular weight is 483 g/mol. The number of hydrogen-bond acceptors (Lipinski definition) is 5. The van der Waals surface area contributed by atoms with Gasteiger partial charge in [-0.1, -0.05) is 63.6 Å². The molecule has 0 aliphatic heterocycles. The Kier molecular flexibility index (Phi) is 6.35. The topological polar surface area (TPSA) is 73.0 Å². The van der Waals surface area contributed by atoms with E-state index in [0.29, 0.717) is 11.7 Å². The predicted octanol–water partition coefficient (Wildman–Crippen LogP) is 5.39. The average Bonchev–Trinajstić information content (AvgIpc) is 3.38. The maximum absolute atomic E-state index is 12.4. The summed E-state index contributed by atoms with van der Waals surface area (Å²) in [4.78, 5) is 12.4. The fourth-order valence-electron chi connectivity index (χ4n) is 2.91. The Hall–Kier alpha value is -2.84. The van der Waals surface area contributed by atoms with E-state index in [1.807, 2.05) is 72.2 Å². The smallest absolute Gasteiger partial charge is 0.234 e. The van der Waals surface area contributed by atoms with Crippen molar-refractivity contribution in [3.8, 4) is 11.4 Å². The molecule has 0 saturated carbocycles. The number of nitrogens with one attached hydrogen (secondary N) is 1. The minimum absolute atomic E-state index is 0.109. The van der Waals surface area contributed by atoms with E-state index in [1.165, 1.54) is 17.3 Å². The van der Waals surface area contributed by atoms with Crippen LogP contribution >= 0.6 is 27.7 Å². The molecule has 2 aromatic carbocycles. The first-order chi connectivity index (χ1) is 14.6. The monoisotopic (exact) mass is 482 g/mol. The van der Waals surface area contributed by atoms with Gasteiger partial charge in [-0.3, -0.25) is 9.36 Å². The number of rotatable bonds is 7. The number of nitrogens with zero attached hydrogens (tertiary/aromatic N) is 3. The number of thioether (sulfide) groups is 1. The van der Waals surface area contributed by atoms with Crippen LogP contribution in [0.4, 0.5) is 5.69 Å². The lowest BCUT2D eigenvalue weighted by molar-refractivity contribution is -0.113. The summed E-state index contributed by atoms with van der Waals surface area (Å²) in [6.07, 6.45) is 1.64. The SMILES string of the molecule is Cc1ccc(-c2nnc(SCC(=O)Nc3cccc(Br)c3)n2Cc2ccco2)cc1. The zero-order chi connectivity index (χ0) is 20.9. The summed E-state index contributed by atoms with van der Waals surface area (Å²) in [5.74, 6) is 1.64. The molecule has 6 nitrogen and oxygen atoms in total. The first-order valence-electron chi connectivity index (χ1n) is 9.29. The van der Waals surface area contributed by atoms with Gasteiger partial charge in [0.1, 0.15) is 5.76 Å². The second-order valence-corrected chi connectivity index (χ2v) is 8.54. The van der Waals surface area contributed by atoms with Gasteiger partial charge in [-0.05, 0) is 37.3 Å². The van der Waals surface area contributed by atoms with Crippen LogP contribution < -0.4 is 5.32 Å². The molecule has 30 heavy (non-hydrogen) atoms. The highest BCUT2D eigenvalue weighted by molar-refractivity contribution is 9.10. The van der Waals surface area contributed by atoms with Crippen LogP contribution in [0.5, 0.6) is 0 Å². The minimum atomic E-state index is -0.109. The molecule has 0 fully saturated rings. The Morgan fingerprint density at radius 1 is 1.13 bits per heavy atom. The summed E-state index contributed by atoms with van der Waals surface area (Å²) >= 11 is 4.75. The lowest BCUT2D eigenvalue weighted by Crippen LogP contribution is -2.14. The van der Waals surface area contributed by atoms with E-state index in [2.05, 4.69) is 31.4 Å². The van der Waals surface area contributed by atoms with Gasteiger partial charge in [0.2, 0.25) is 5.91 Å². The number of aromatic nitrogens is 3. The third kappa shape index (κ3) is 5.01. The van der Waals surface area contributed by atoms with Gasteiger partial charge in [0.15, 0.2) is 11.0 Å². The molecule has 0 aliphatic carbocycles. The van der Waals surface area contributed by atoms with Gasteiger partial charge >= 0.3 is 0 Å². The second kappa shape index (κ2) is 9.32. The van der Waals surface area contributed by atoms with E-state index >= 15 is 0 Å². The fourth-order valence-corrected chi connectivity index (χ4v) is 4.04. The van der Waals surface area contributed by atoms with Crippen LogP contribution in [-0.4, -0.2) is 26.4 Å². The zero-order valence-electron chi connectivity index (χ0n) is 16.2. The van der Waals surface area contributed by atoms with Crippen LogP contribution in [0.1, 0.15) is 11.3 Å². The largest absolute Gasteiger partial charge is 0.467 e. The lowest BCUT2D eigenvalue weighted by Gasteiger charge is -2.09. The normalized spacial score (nSPS) is 10.9. The number of benzene rings is 2. The summed E-state index contributed by atoms with van der Waals surface area (Å²) in [6, 6.07) is 19.4. The van der Waals surface area contributed by atoms with Crippen LogP contribution in [-0.2, 0) is 11.3 Å². The Balaban J connectivity index is 1.53. The van der Waals surface area contributed by atoms with Gasteiger partial charge < -0.3 is 9.73 Å². The van der Waals surface area contributed by atoms with Crippen LogP contribution in [0.3, 0.4) is 0 Å².